The third kappa shape index (κ3) is 1.64. The molecule has 0 saturated carbocycles. The molecule has 1 aromatic carbocycles. The third-order valence-corrected chi connectivity index (χ3v) is 2.99. The van der Waals surface area contributed by atoms with Gasteiger partial charge in [-0.1, -0.05) is 24.3 Å². The lowest BCUT2D eigenvalue weighted by Crippen LogP contribution is -1.95. The van der Waals surface area contributed by atoms with E-state index in [0.29, 0.717) is 5.69 Å². The van der Waals surface area contributed by atoms with Crippen molar-refractivity contribution in [2.75, 3.05) is 11.9 Å². The van der Waals surface area contributed by atoms with Crippen molar-refractivity contribution in [2.45, 2.75) is 6.42 Å². The molecule has 1 aromatic heterocycles. The Hall–Kier alpha value is -2.34. The summed E-state index contributed by atoms with van der Waals surface area (Å²) in [6.45, 7) is 0.976. The number of para-hydroxylation sites is 1. The first-order chi connectivity index (χ1) is 8.38. The number of hydrogen-bond donors (Lipinski definition) is 1. The van der Waals surface area contributed by atoms with Gasteiger partial charge >= 0.3 is 0 Å². The maximum atomic E-state index is 8.87. The first-order valence-corrected chi connectivity index (χ1v) is 5.62. The molecule has 0 atom stereocenters. The summed E-state index contributed by atoms with van der Waals surface area (Å²) in [6.07, 6.45) is 1.06. The number of hydrogen-bond acceptors (Lipinski definition) is 3. The second-order valence-corrected chi connectivity index (χ2v) is 4.04. The van der Waals surface area contributed by atoms with Crippen molar-refractivity contribution in [3.05, 3.63) is 47.7 Å². The Kier molecular flexibility index (Phi) is 2.27. The van der Waals surface area contributed by atoms with Crippen LogP contribution in [-0.4, -0.2) is 11.5 Å². The Balaban J connectivity index is 2.16. The summed E-state index contributed by atoms with van der Waals surface area (Å²) in [6, 6.07) is 13.8. The summed E-state index contributed by atoms with van der Waals surface area (Å²) < 4.78 is 0. The van der Waals surface area contributed by atoms with E-state index >= 15 is 0 Å². The number of nitriles is 1. The highest BCUT2D eigenvalue weighted by molar-refractivity contribution is 5.79. The van der Waals surface area contributed by atoms with Gasteiger partial charge in [0.05, 0.1) is 5.69 Å². The molecule has 82 valence electrons. The molecule has 0 fully saturated rings. The smallest absolute Gasteiger partial charge is 0.141 e. The Labute approximate surface area is 99.7 Å². The minimum Gasteiger partial charge on any atom is -0.384 e. The Bertz CT molecular complexity index is 611. The van der Waals surface area contributed by atoms with E-state index in [4.69, 9.17) is 5.26 Å². The summed E-state index contributed by atoms with van der Waals surface area (Å²) in [4.78, 5) is 4.34. The summed E-state index contributed by atoms with van der Waals surface area (Å²) in [7, 11) is 0. The molecule has 0 radical (unpaired) electrons. The number of fused-ring (bicyclic) bond motifs is 1. The average molecular weight is 221 g/mol. The average Bonchev–Trinajstić information content (AvgIpc) is 2.87. The molecule has 2 heterocycles. The van der Waals surface area contributed by atoms with E-state index in [0.717, 1.165) is 29.9 Å². The highest BCUT2D eigenvalue weighted by Gasteiger charge is 2.15. The first kappa shape index (κ1) is 9.86. The van der Waals surface area contributed by atoms with Crippen LogP contribution < -0.4 is 5.32 Å². The van der Waals surface area contributed by atoms with E-state index in [-0.39, 0.29) is 0 Å². The highest BCUT2D eigenvalue weighted by atomic mass is 14.9. The van der Waals surface area contributed by atoms with Crippen molar-refractivity contribution in [1.82, 2.24) is 4.98 Å². The number of nitrogens with one attached hydrogen (secondary N) is 1. The Morgan fingerprint density at radius 2 is 2.06 bits per heavy atom. The molecule has 1 aliphatic heterocycles. The molecule has 0 aliphatic carbocycles. The Morgan fingerprint density at radius 1 is 1.18 bits per heavy atom. The van der Waals surface area contributed by atoms with E-state index in [1.165, 1.54) is 5.56 Å². The topological polar surface area (TPSA) is 48.7 Å². The number of anilines is 1. The van der Waals surface area contributed by atoms with Gasteiger partial charge in [-0.15, -0.1) is 0 Å². The zero-order valence-corrected chi connectivity index (χ0v) is 9.27. The van der Waals surface area contributed by atoms with Crippen molar-refractivity contribution < 1.29 is 0 Å². The number of rotatable bonds is 1. The fraction of sp³-hybridized carbons (Fsp3) is 0.143. The van der Waals surface area contributed by atoms with Crippen LogP contribution in [0.2, 0.25) is 0 Å². The van der Waals surface area contributed by atoms with Crippen LogP contribution in [0, 0.1) is 11.3 Å². The lowest BCUT2D eigenvalue weighted by atomic mass is 10.0. The van der Waals surface area contributed by atoms with E-state index in [1.807, 2.05) is 24.3 Å². The summed E-state index contributed by atoms with van der Waals surface area (Å²) in [5.74, 6) is 0. The number of benzene rings is 1. The highest BCUT2D eigenvalue weighted by Crippen LogP contribution is 2.33. The third-order valence-electron chi connectivity index (χ3n) is 2.99. The fourth-order valence-corrected chi connectivity index (χ4v) is 2.20. The number of nitrogens with zero attached hydrogens (tertiary/aromatic N) is 2. The quantitative estimate of drug-likeness (QED) is 0.805. The monoisotopic (exact) mass is 221 g/mol. The van der Waals surface area contributed by atoms with Crippen molar-refractivity contribution in [3.63, 3.8) is 0 Å². The normalized spacial score (nSPS) is 12.6. The van der Waals surface area contributed by atoms with Gasteiger partial charge in [0, 0.05) is 17.8 Å². The molecule has 0 spiro atoms. The molecule has 17 heavy (non-hydrogen) atoms. The fourth-order valence-electron chi connectivity index (χ4n) is 2.20. The Morgan fingerprint density at radius 3 is 2.94 bits per heavy atom. The van der Waals surface area contributed by atoms with E-state index in [9.17, 15) is 0 Å². The van der Waals surface area contributed by atoms with Gasteiger partial charge in [-0.05, 0) is 24.1 Å². The second kappa shape index (κ2) is 3.91. The molecular weight excluding hydrogens is 210 g/mol. The molecule has 1 aliphatic rings. The van der Waals surface area contributed by atoms with E-state index in [2.05, 4.69) is 22.4 Å². The molecule has 0 saturated heterocycles. The predicted molar refractivity (Wildman–Crippen MR) is 66.6 cm³/mol. The molecule has 1 N–H and O–H groups in total. The van der Waals surface area contributed by atoms with Crippen LogP contribution in [0.5, 0.6) is 0 Å². The molecule has 0 unspecified atom stereocenters. The molecule has 2 aromatic rings. The summed E-state index contributed by atoms with van der Waals surface area (Å²) in [5, 5.41) is 12.3. The summed E-state index contributed by atoms with van der Waals surface area (Å²) in [5.41, 5.74) is 4.88. The van der Waals surface area contributed by atoms with Crippen LogP contribution >= 0.6 is 0 Å². The van der Waals surface area contributed by atoms with E-state index < -0.39 is 0 Å². The van der Waals surface area contributed by atoms with Crippen molar-refractivity contribution >= 4 is 5.69 Å². The summed E-state index contributed by atoms with van der Waals surface area (Å²) >= 11 is 0. The maximum Gasteiger partial charge on any atom is 0.141 e. The molecule has 3 heteroatoms. The maximum absolute atomic E-state index is 8.87. The van der Waals surface area contributed by atoms with Crippen LogP contribution in [0.15, 0.2) is 36.4 Å². The van der Waals surface area contributed by atoms with Gasteiger partial charge in [0.1, 0.15) is 11.8 Å². The van der Waals surface area contributed by atoms with Gasteiger partial charge in [-0.3, -0.25) is 0 Å². The van der Waals surface area contributed by atoms with Gasteiger partial charge in [-0.25, -0.2) is 4.98 Å². The number of pyridine rings is 1. The van der Waals surface area contributed by atoms with Crippen molar-refractivity contribution in [3.8, 4) is 17.3 Å². The van der Waals surface area contributed by atoms with Crippen LogP contribution in [0.25, 0.3) is 11.3 Å². The zero-order valence-electron chi connectivity index (χ0n) is 9.27. The van der Waals surface area contributed by atoms with Gasteiger partial charge in [0.2, 0.25) is 0 Å². The standard InChI is InChI=1S/C14H11N3/c15-9-11-4-2-6-13(17-11)12-5-1-3-10-7-8-16-14(10)12/h1-6,16H,7-8H2. The van der Waals surface area contributed by atoms with E-state index in [1.54, 1.807) is 6.07 Å². The van der Waals surface area contributed by atoms with Crippen LogP contribution in [0.1, 0.15) is 11.3 Å². The van der Waals surface area contributed by atoms with Crippen molar-refractivity contribution in [1.29, 1.82) is 5.26 Å². The minimum absolute atomic E-state index is 0.457. The lowest BCUT2D eigenvalue weighted by molar-refractivity contribution is 1.11. The van der Waals surface area contributed by atoms with Crippen LogP contribution in [-0.2, 0) is 6.42 Å². The van der Waals surface area contributed by atoms with Gasteiger partial charge in [-0.2, -0.15) is 5.26 Å². The van der Waals surface area contributed by atoms with Gasteiger partial charge in [0.25, 0.3) is 0 Å². The van der Waals surface area contributed by atoms with Crippen LogP contribution in [0.3, 0.4) is 0 Å². The SMILES string of the molecule is N#Cc1cccc(-c2cccc3c2NCC3)n1. The first-order valence-electron chi connectivity index (χ1n) is 5.62. The van der Waals surface area contributed by atoms with Gasteiger partial charge in [0.15, 0.2) is 0 Å². The molecule has 0 bridgehead atoms. The largest absolute Gasteiger partial charge is 0.384 e. The molecule has 3 nitrogen and oxygen atoms in total. The predicted octanol–water partition coefficient (Wildman–Crippen LogP) is 2.59. The molecule has 0 amide bonds. The zero-order chi connectivity index (χ0) is 11.7. The minimum atomic E-state index is 0.457. The molecule has 3 rings (SSSR count). The van der Waals surface area contributed by atoms with Crippen LogP contribution in [0.4, 0.5) is 5.69 Å². The lowest BCUT2D eigenvalue weighted by Gasteiger charge is -2.08. The van der Waals surface area contributed by atoms with Gasteiger partial charge < -0.3 is 5.32 Å². The second-order valence-electron chi connectivity index (χ2n) is 4.04. The number of aromatic nitrogens is 1. The van der Waals surface area contributed by atoms with Crippen molar-refractivity contribution in [2.24, 2.45) is 0 Å². The molecular formula is C14H11N3.